The van der Waals surface area contributed by atoms with E-state index >= 15 is 0 Å². The first-order valence-electron chi connectivity index (χ1n) is 15.3. The SMILES string of the molecule is CCC1(CC)CCCC2CCC(CC)(CC)C(O)C2C1O.[Ir].[c-]1ccccc1-c1ccc(-c2ccccc2)cn1. The largest absolute Gasteiger partial charge is 0.392 e. The van der Waals surface area contributed by atoms with E-state index in [1.807, 2.05) is 54.7 Å². The molecule has 3 aromatic rings. The third kappa shape index (κ3) is 6.79. The zero-order valence-corrected chi connectivity index (χ0v) is 27.2. The van der Waals surface area contributed by atoms with E-state index < -0.39 is 0 Å². The van der Waals surface area contributed by atoms with Gasteiger partial charge < -0.3 is 15.2 Å². The maximum absolute atomic E-state index is 11.2. The van der Waals surface area contributed by atoms with Crippen LogP contribution >= 0.6 is 0 Å². The molecule has 0 amide bonds. The number of hydrogen-bond acceptors (Lipinski definition) is 3. The maximum atomic E-state index is 11.2. The van der Waals surface area contributed by atoms with Gasteiger partial charge in [-0.05, 0) is 84.9 Å². The van der Waals surface area contributed by atoms with Crippen molar-refractivity contribution >= 4 is 0 Å². The Hall–Kier alpha value is -1.84. The molecule has 2 N–H and O–H groups in total. The van der Waals surface area contributed by atoms with Crippen molar-refractivity contribution < 1.29 is 30.3 Å². The van der Waals surface area contributed by atoms with Crippen LogP contribution in [0.1, 0.15) is 85.5 Å². The first-order chi connectivity index (χ1) is 18.9. The average Bonchev–Trinajstić information content (AvgIpc) is 3.15. The maximum Gasteiger partial charge on any atom is 0.0651 e. The van der Waals surface area contributed by atoms with Gasteiger partial charge in [-0.2, -0.15) is 0 Å². The summed E-state index contributed by atoms with van der Waals surface area (Å²) in [5.41, 5.74) is 4.38. The summed E-state index contributed by atoms with van der Waals surface area (Å²) in [5, 5.41) is 22.4. The molecule has 0 spiro atoms. The van der Waals surface area contributed by atoms with Crippen LogP contribution in [0, 0.1) is 28.7 Å². The summed E-state index contributed by atoms with van der Waals surface area (Å²) < 4.78 is 0. The molecule has 3 nitrogen and oxygen atoms in total. The van der Waals surface area contributed by atoms with E-state index in [9.17, 15) is 10.2 Å². The van der Waals surface area contributed by atoms with Gasteiger partial charge in [0.1, 0.15) is 0 Å². The van der Waals surface area contributed by atoms with E-state index in [0.29, 0.717) is 5.92 Å². The Balaban J connectivity index is 0.000000217. The van der Waals surface area contributed by atoms with E-state index in [4.69, 9.17) is 0 Å². The molecule has 2 saturated carbocycles. The van der Waals surface area contributed by atoms with Gasteiger partial charge in [0.25, 0.3) is 0 Å². The van der Waals surface area contributed by atoms with E-state index in [1.54, 1.807) is 0 Å². The monoisotopic (exact) mass is 719 g/mol. The second-order valence-corrected chi connectivity index (χ2v) is 11.9. The smallest absolute Gasteiger partial charge is 0.0651 e. The van der Waals surface area contributed by atoms with Crippen molar-refractivity contribution in [1.29, 1.82) is 0 Å². The quantitative estimate of drug-likeness (QED) is 0.251. The molecule has 5 rings (SSSR count). The van der Waals surface area contributed by atoms with Crippen molar-refractivity contribution in [2.75, 3.05) is 0 Å². The molecule has 0 aliphatic heterocycles. The van der Waals surface area contributed by atoms with E-state index in [2.05, 4.69) is 56.9 Å². The van der Waals surface area contributed by atoms with Crippen molar-refractivity contribution in [3.63, 3.8) is 0 Å². The summed E-state index contributed by atoms with van der Waals surface area (Å²) in [5.74, 6) is 0.627. The van der Waals surface area contributed by atoms with Gasteiger partial charge in [-0.15, -0.1) is 35.9 Å². The zero-order chi connectivity index (χ0) is 27.9. The number of hydrogen-bond donors (Lipinski definition) is 2. The normalized spacial score (nSPS) is 24.9. The van der Waals surface area contributed by atoms with Gasteiger partial charge in [0.2, 0.25) is 0 Å². The summed E-state index contributed by atoms with van der Waals surface area (Å²) in [6.07, 6.45) is 11.3. The molecule has 2 aliphatic carbocycles. The molecule has 2 aromatic carbocycles. The fourth-order valence-electron chi connectivity index (χ4n) is 7.47. The van der Waals surface area contributed by atoms with Crippen molar-refractivity contribution in [1.82, 2.24) is 4.98 Å². The molecule has 1 aromatic heterocycles. The molecule has 4 unspecified atom stereocenters. The number of fused-ring (bicyclic) bond motifs is 1. The number of rotatable bonds is 6. The summed E-state index contributed by atoms with van der Waals surface area (Å²) in [6, 6.07) is 25.5. The van der Waals surface area contributed by atoms with E-state index in [-0.39, 0.29) is 49.1 Å². The van der Waals surface area contributed by atoms with Gasteiger partial charge in [0.15, 0.2) is 0 Å². The molecular formula is C36H48IrNO2-. The second kappa shape index (κ2) is 14.9. The Morgan fingerprint density at radius 3 is 1.93 bits per heavy atom. The molecule has 2 fully saturated rings. The molecule has 1 heterocycles. The van der Waals surface area contributed by atoms with Crippen molar-refractivity contribution in [2.45, 2.75) is 97.7 Å². The molecule has 0 saturated heterocycles. The predicted molar refractivity (Wildman–Crippen MR) is 162 cm³/mol. The molecule has 40 heavy (non-hydrogen) atoms. The van der Waals surface area contributed by atoms with Gasteiger partial charge in [-0.25, -0.2) is 0 Å². The van der Waals surface area contributed by atoms with Crippen LogP contribution in [0.15, 0.2) is 72.9 Å². The van der Waals surface area contributed by atoms with Crippen LogP contribution < -0.4 is 0 Å². The molecule has 2 aliphatic rings. The Labute approximate surface area is 256 Å². The van der Waals surface area contributed by atoms with E-state index in [1.165, 1.54) is 24.8 Å². The van der Waals surface area contributed by atoms with Crippen LogP contribution in [0.5, 0.6) is 0 Å². The molecule has 0 bridgehead atoms. The van der Waals surface area contributed by atoms with E-state index in [0.717, 1.165) is 55.3 Å². The Morgan fingerprint density at radius 2 is 1.38 bits per heavy atom. The van der Waals surface area contributed by atoms with Gasteiger partial charge in [0.05, 0.1) is 12.2 Å². The number of pyridine rings is 1. The van der Waals surface area contributed by atoms with Gasteiger partial charge in [0, 0.05) is 32.2 Å². The van der Waals surface area contributed by atoms with Crippen molar-refractivity contribution in [2.24, 2.45) is 22.7 Å². The minimum absolute atomic E-state index is 0. The first-order valence-corrected chi connectivity index (χ1v) is 15.3. The number of aliphatic hydroxyl groups excluding tert-OH is 2. The summed E-state index contributed by atoms with van der Waals surface area (Å²) in [4.78, 5) is 4.49. The predicted octanol–water partition coefficient (Wildman–Crippen LogP) is 8.74. The number of nitrogens with zero attached hydrogens (tertiary/aromatic N) is 1. The first kappa shape index (κ1) is 32.7. The van der Waals surface area contributed by atoms with Crippen molar-refractivity contribution in [3.05, 3.63) is 79.0 Å². The molecule has 219 valence electrons. The molecular weight excluding hydrogens is 671 g/mol. The summed E-state index contributed by atoms with van der Waals surface area (Å²) in [7, 11) is 0. The summed E-state index contributed by atoms with van der Waals surface area (Å²) in [6.45, 7) is 8.86. The topological polar surface area (TPSA) is 53.4 Å². The minimum Gasteiger partial charge on any atom is -0.392 e. The average molecular weight is 719 g/mol. The number of aliphatic hydroxyl groups is 2. The van der Waals surface area contributed by atoms with Crippen LogP contribution in [0.2, 0.25) is 0 Å². The standard InChI is InChI=1S/C19H36O2.C17H12N.Ir/c1-5-18(6-2)12-9-10-14-11-13-19(7-3,8-4)17(21)15(14)16(18)20;1-3-7-14(8-4-1)16-11-12-17(18-13-16)15-9-5-2-6-10-15;/h14-17,20-21H,5-13H2,1-4H3;1-9,11-13H;/q;-1;. The number of benzene rings is 2. The van der Waals surface area contributed by atoms with Crippen molar-refractivity contribution in [3.8, 4) is 22.4 Å². The fraction of sp³-hybridized carbons (Fsp3) is 0.528. The molecule has 4 heteroatoms. The van der Waals surface area contributed by atoms with Gasteiger partial charge in [-0.3, -0.25) is 0 Å². The fourth-order valence-corrected chi connectivity index (χ4v) is 7.47. The third-order valence-electron chi connectivity index (χ3n) is 10.5. The van der Waals surface area contributed by atoms with Crippen LogP contribution in [-0.2, 0) is 20.1 Å². The van der Waals surface area contributed by atoms with Crippen LogP contribution in [0.25, 0.3) is 22.4 Å². The van der Waals surface area contributed by atoms with Crippen LogP contribution in [0.4, 0.5) is 0 Å². The molecule has 1 radical (unpaired) electrons. The van der Waals surface area contributed by atoms with Crippen LogP contribution in [0.3, 0.4) is 0 Å². The molecule has 4 atom stereocenters. The second-order valence-electron chi connectivity index (χ2n) is 11.9. The van der Waals surface area contributed by atoms with Gasteiger partial charge in [-0.1, -0.05) is 76.6 Å². The Kier molecular flexibility index (Phi) is 12.1. The Bertz CT molecular complexity index is 1070. The zero-order valence-electron chi connectivity index (χ0n) is 24.8. The van der Waals surface area contributed by atoms with Gasteiger partial charge >= 0.3 is 0 Å². The minimum atomic E-state index is -0.326. The number of aromatic nitrogens is 1. The Morgan fingerprint density at radius 1 is 0.750 bits per heavy atom. The summed E-state index contributed by atoms with van der Waals surface area (Å²) >= 11 is 0. The third-order valence-corrected chi connectivity index (χ3v) is 10.5. The van der Waals surface area contributed by atoms with Crippen LogP contribution in [-0.4, -0.2) is 27.4 Å².